The van der Waals surface area contributed by atoms with Crippen LogP contribution in [0.25, 0.3) is 0 Å². The molecule has 1 unspecified atom stereocenters. The van der Waals surface area contributed by atoms with Crippen LogP contribution in [0.3, 0.4) is 0 Å². The maximum Gasteiger partial charge on any atom is 0.407 e. The lowest BCUT2D eigenvalue weighted by atomic mass is 10.0. The SMILES string of the molecule is CN1CCC(N2CCN(C(=O)COCC3COCCN3C(=O)O)CC2)CC1. The van der Waals surface area contributed by atoms with Gasteiger partial charge in [0.2, 0.25) is 5.91 Å². The lowest BCUT2D eigenvalue weighted by Gasteiger charge is -2.42. The Morgan fingerprint density at radius 3 is 2.44 bits per heavy atom. The smallest absolute Gasteiger partial charge is 0.407 e. The van der Waals surface area contributed by atoms with Crippen molar-refractivity contribution in [3.05, 3.63) is 0 Å². The molecule has 3 aliphatic heterocycles. The number of amides is 2. The molecule has 1 atom stereocenters. The number of hydrogen-bond acceptors (Lipinski definition) is 6. The fourth-order valence-corrected chi connectivity index (χ4v) is 4.11. The molecule has 9 heteroatoms. The average molecular weight is 384 g/mol. The molecular weight excluding hydrogens is 352 g/mol. The molecule has 0 aromatic carbocycles. The molecule has 0 saturated carbocycles. The van der Waals surface area contributed by atoms with E-state index in [1.165, 1.54) is 17.7 Å². The summed E-state index contributed by atoms with van der Waals surface area (Å²) in [6.07, 6.45) is 1.44. The maximum atomic E-state index is 12.4. The number of ether oxygens (including phenoxy) is 2. The quantitative estimate of drug-likeness (QED) is 0.692. The van der Waals surface area contributed by atoms with Gasteiger partial charge in [-0.1, -0.05) is 0 Å². The highest BCUT2D eigenvalue weighted by Crippen LogP contribution is 2.17. The molecule has 1 N–H and O–H groups in total. The molecule has 154 valence electrons. The molecule has 0 aromatic rings. The average Bonchev–Trinajstić information content (AvgIpc) is 2.69. The number of piperazine rings is 1. The zero-order valence-electron chi connectivity index (χ0n) is 16.2. The molecule has 0 spiro atoms. The van der Waals surface area contributed by atoms with Crippen LogP contribution in [-0.2, 0) is 14.3 Å². The predicted octanol–water partition coefficient (Wildman–Crippen LogP) is -0.380. The van der Waals surface area contributed by atoms with Crippen molar-refractivity contribution in [3.8, 4) is 0 Å². The summed E-state index contributed by atoms with van der Waals surface area (Å²) in [6, 6.07) is 0.299. The summed E-state index contributed by atoms with van der Waals surface area (Å²) < 4.78 is 10.9. The molecule has 3 saturated heterocycles. The van der Waals surface area contributed by atoms with E-state index in [4.69, 9.17) is 9.47 Å². The molecule has 3 rings (SSSR count). The standard InChI is InChI=1S/C18H32N4O5/c1-19-4-2-15(3-5-19)20-6-8-21(9-7-20)17(23)14-27-13-16-12-26-11-10-22(16)18(24)25/h15-16H,2-14H2,1H3,(H,24,25). The Labute approximate surface area is 160 Å². The molecule has 3 fully saturated rings. The fraction of sp³-hybridized carbons (Fsp3) is 0.889. The first-order chi connectivity index (χ1) is 13.0. The zero-order valence-corrected chi connectivity index (χ0v) is 16.2. The first kappa shape index (κ1) is 20.3. The molecule has 3 heterocycles. The van der Waals surface area contributed by atoms with Gasteiger partial charge in [0, 0.05) is 38.8 Å². The van der Waals surface area contributed by atoms with Crippen molar-refractivity contribution < 1.29 is 24.2 Å². The highest BCUT2D eigenvalue weighted by atomic mass is 16.5. The molecule has 2 amide bonds. The van der Waals surface area contributed by atoms with Gasteiger partial charge in [-0.3, -0.25) is 14.6 Å². The van der Waals surface area contributed by atoms with Gasteiger partial charge in [-0.25, -0.2) is 4.79 Å². The van der Waals surface area contributed by atoms with E-state index in [-0.39, 0.29) is 25.2 Å². The van der Waals surface area contributed by atoms with Crippen molar-refractivity contribution in [1.29, 1.82) is 0 Å². The maximum absolute atomic E-state index is 12.4. The lowest BCUT2D eigenvalue weighted by Crippen LogP contribution is -2.54. The van der Waals surface area contributed by atoms with E-state index in [1.807, 2.05) is 4.90 Å². The van der Waals surface area contributed by atoms with Gasteiger partial charge in [0.25, 0.3) is 0 Å². The second-order valence-electron chi connectivity index (χ2n) is 7.67. The minimum Gasteiger partial charge on any atom is -0.465 e. The molecule has 3 aliphatic rings. The van der Waals surface area contributed by atoms with Gasteiger partial charge in [-0.2, -0.15) is 0 Å². The van der Waals surface area contributed by atoms with Crippen LogP contribution < -0.4 is 0 Å². The Balaban J connectivity index is 1.35. The van der Waals surface area contributed by atoms with E-state index in [0.29, 0.717) is 25.8 Å². The fourth-order valence-electron chi connectivity index (χ4n) is 4.11. The first-order valence-electron chi connectivity index (χ1n) is 9.90. The molecule has 0 radical (unpaired) electrons. The van der Waals surface area contributed by atoms with E-state index >= 15 is 0 Å². The topological polar surface area (TPSA) is 85.8 Å². The molecule has 0 bridgehead atoms. The number of hydrogen-bond donors (Lipinski definition) is 1. The highest BCUT2D eigenvalue weighted by Gasteiger charge is 2.29. The van der Waals surface area contributed by atoms with Crippen LogP contribution in [-0.4, -0.2) is 128 Å². The monoisotopic (exact) mass is 384 g/mol. The number of nitrogens with zero attached hydrogens (tertiary/aromatic N) is 4. The number of rotatable bonds is 5. The van der Waals surface area contributed by atoms with Crippen LogP contribution in [0.5, 0.6) is 0 Å². The van der Waals surface area contributed by atoms with Crippen molar-refractivity contribution in [1.82, 2.24) is 19.6 Å². The van der Waals surface area contributed by atoms with E-state index in [0.717, 1.165) is 39.3 Å². The predicted molar refractivity (Wildman–Crippen MR) is 98.8 cm³/mol. The van der Waals surface area contributed by atoms with Crippen molar-refractivity contribution in [2.45, 2.75) is 24.9 Å². The Hall–Kier alpha value is -1.42. The van der Waals surface area contributed by atoms with Crippen LogP contribution >= 0.6 is 0 Å². The summed E-state index contributed by atoms with van der Waals surface area (Å²) in [4.78, 5) is 31.7. The second kappa shape index (κ2) is 9.68. The van der Waals surface area contributed by atoms with E-state index in [1.54, 1.807) is 0 Å². The minimum absolute atomic E-state index is 0.00180. The summed E-state index contributed by atoms with van der Waals surface area (Å²) in [5.41, 5.74) is 0. The van der Waals surface area contributed by atoms with Crippen LogP contribution in [0, 0.1) is 0 Å². The molecule has 9 nitrogen and oxygen atoms in total. The van der Waals surface area contributed by atoms with Crippen molar-refractivity contribution in [2.24, 2.45) is 0 Å². The van der Waals surface area contributed by atoms with Gasteiger partial charge in [-0.05, 0) is 33.0 Å². The first-order valence-corrected chi connectivity index (χ1v) is 9.90. The second-order valence-corrected chi connectivity index (χ2v) is 7.67. The highest BCUT2D eigenvalue weighted by molar-refractivity contribution is 5.77. The van der Waals surface area contributed by atoms with Crippen molar-refractivity contribution >= 4 is 12.0 Å². The summed E-state index contributed by atoms with van der Waals surface area (Å²) in [5.74, 6) is -0.0170. The normalized spacial score (nSPS) is 26.3. The summed E-state index contributed by atoms with van der Waals surface area (Å²) in [5, 5.41) is 9.20. The van der Waals surface area contributed by atoms with E-state index < -0.39 is 6.09 Å². The van der Waals surface area contributed by atoms with E-state index in [2.05, 4.69) is 16.8 Å². The number of likely N-dealkylation sites (tertiary alicyclic amines) is 1. The molecule has 0 aliphatic carbocycles. The number of carbonyl (C=O) groups is 2. The Morgan fingerprint density at radius 1 is 1.07 bits per heavy atom. The minimum atomic E-state index is -0.969. The summed E-state index contributed by atoms with van der Waals surface area (Å²) in [7, 11) is 2.17. The van der Waals surface area contributed by atoms with Crippen LogP contribution in [0.4, 0.5) is 4.79 Å². The molecule has 27 heavy (non-hydrogen) atoms. The number of carbonyl (C=O) groups excluding carboxylic acids is 1. The Bertz CT molecular complexity index is 504. The van der Waals surface area contributed by atoms with Crippen LogP contribution in [0.2, 0.25) is 0 Å². The third-order valence-corrected chi connectivity index (χ3v) is 5.88. The Morgan fingerprint density at radius 2 is 1.78 bits per heavy atom. The van der Waals surface area contributed by atoms with E-state index in [9.17, 15) is 14.7 Å². The third kappa shape index (κ3) is 5.54. The molecule has 0 aromatic heterocycles. The zero-order chi connectivity index (χ0) is 19.2. The summed E-state index contributed by atoms with van der Waals surface area (Å²) in [6.45, 7) is 6.87. The van der Waals surface area contributed by atoms with Gasteiger partial charge in [-0.15, -0.1) is 0 Å². The lowest BCUT2D eigenvalue weighted by molar-refractivity contribution is -0.139. The third-order valence-electron chi connectivity index (χ3n) is 5.88. The molecular formula is C18H32N4O5. The van der Waals surface area contributed by atoms with Gasteiger partial charge in [0.05, 0.1) is 25.9 Å². The van der Waals surface area contributed by atoms with Crippen LogP contribution in [0.1, 0.15) is 12.8 Å². The van der Waals surface area contributed by atoms with Gasteiger partial charge in [0.15, 0.2) is 0 Å². The summed E-state index contributed by atoms with van der Waals surface area (Å²) >= 11 is 0. The number of piperidine rings is 1. The largest absolute Gasteiger partial charge is 0.465 e. The van der Waals surface area contributed by atoms with Gasteiger partial charge >= 0.3 is 6.09 Å². The Kier molecular flexibility index (Phi) is 7.28. The number of carboxylic acid groups (broad SMARTS) is 1. The number of morpholine rings is 1. The van der Waals surface area contributed by atoms with Crippen molar-refractivity contribution in [3.63, 3.8) is 0 Å². The van der Waals surface area contributed by atoms with Crippen molar-refractivity contribution in [2.75, 3.05) is 79.3 Å². The van der Waals surface area contributed by atoms with Crippen LogP contribution in [0.15, 0.2) is 0 Å². The van der Waals surface area contributed by atoms with Gasteiger partial charge < -0.3 is 24.4 Å². The van der Waals surface area contributed by atoms with Gasteiger partial charge in [0.1, 0.15) is 6.61 Å².